The molecule has 0 saturated carbocycles. The molecule has 1 N–H and O–H groups in total. The van der Waals surface area contributed by atoms with Crippen molar-refractivity contribution in [1.82, 2.24) is 24.3 Å². The zero-order chi connectivity index (χ0) is 32.3. The van der Waals surface area contributed by atoms with Gasteiger partial charge in [-0.2, -0.15) is 0 Å². The number of unbranched alkanes of at least 4 members (excludes halogenated alkanes) is 11. The molecule has 0 fully saturated rings. The van der Waals surface area contributed by atoms with E-state index in [1.54, 1.807) is 0 Å². The smallest absolute Gasteiger partial charge is 0.225 e. The summed E-state index contributed by atoms with van der Waals surface area (Å²) in [6.45, 7) is 15.7. The highest BCUT2D eigenvalue weighted by Crippen LogP contribution is 2.29. The summed E-state index contributed by atoms with van der Waals surface area (Å²) in [7, 11) is 2.24. The second-order valence-electron chi connectivity index (χ2n) is 13.6. The highest BCUT2D eigenvalue weighted by molar-refractivity contribution is 6.09. The van der Waals surface area contributed by atoms with Gasteiger partial charge in [-0.1, -0.05) is 110 Å². The van der Waals surface area contributed by atoms with Crippen molar-refractivity contribution < 1.29 is 4.79 Å². The lowest BCUT2D eigenvalue weighted by molar-refractivity contribution is -0.116. The Labute approximate surface area is 274 Å². The summed E-state index contributed by atoms with van der Waals surface area (Å²) in [4.78, 5) is 27.4. The van der Waals surface area contributed by atoms with Crippen molar-refractivity contribution in [3.63, 3.8) is 0 Å². The van der Waals surface area contributed by atoms with E-state index in [4.69, 9.17) is 4.98 Å². The van der Waals surface area contributed by atoms with Gasteiger partial charge in [0.05, 0.1) is 17.4 Å². The van der Waals surface area contributed by atoms with Crippen LogP contribution in [-0.4, -0.2) is 70.0 Å². The molecule has 252 valence electrons. The molecular weight excluding hydrogens is 556 g/mol. The lowest BCUT2D eigenvalue weighted by Crippen LogP contribution is -2.29. The molecule has 45 heavy (non-hydrogen) atoms. The maximum absolute atomic E-state index is 12.9. The van der Waals surface area contributed by atoms with Crippen molar-refractivity contribution in [2.75, 3.05) is 45.1 Å². The van der Waals surface area contributed by atoms with Crippen molar-refractivity contribution >= 4 is 33.7 Å². The number of nitrogens with zero attached hydrogens (tertiary/aromatic N) is 5. The van der Waals surface area contributed by atoms with E-state index in [0.29, 0.717) is 18.2 Å². The van der Waals surface area contributed by atoms with Gasteiger partial charge in [0.1, 0.15) is 5.52 Å². The number of aromatic nitrogens is 3. The number of hydrogen-bond acceptors (Lipinski definition) is 5. The lowest BCUT2D eigenvalue weighted by atomic mass is 10.1. The van der Waals surface area contributed by atoms with Crippen LogP contribution >= 0.6 is 0 Å². The van der Waals surface area contributed by atoms with Crippen LogP contribution in [0.15, 0.2) is 30.6 Å². The number of benzene rings is 1. The highest BCUT2D eigenvalue weighted by atomic mass is 16.1. The summed E-state index contributed by atoms with van der Waals surface area (Å²) in [6.07, 6.45) is 20.7. The van der Waals surface area contributed by atoms with Crippen LogP contribution in [0.25, 0.3) is 21.9 Å². The first kappa shape index (κ1) is 37.0. The molecule has 2 heterocycles. The SMILES string of the molecule is CCCCCCCCCCCCN(CC)CCCN(C)CCCCCC(=O)Nc1nc2ccccc2c2c1ncn2CC(C)C. The van der Waals surface area contributed by atoms with E-state index in [1.807, 2.05) is 24.5 Å². The lowest BCUT2D eigenvalue weighted by Gasteiger charge is -2.22. The van der Waals surface area contributed by atoms with Gasteiger partial charge in [0.2, 0.25) is 5.91 Å². The van der Waals surface area contributed by atoms with Gasteiger partial charge >= 0.3 is 0 Å². The Balaban J connectivity index is 1.27. The molecule has 2 aromatic heterocycles. The Kier molecular flexibility index (Phi) is 17.5. The van der Waals surface area contributed by atoms with E-state index < -0.39 is 0 Å². The van der Waals surface area contributed by atoms with Crippen LogP contribution in [0.1, 0.15) is 124 Å². The second kappa shape index (κ2) is 21.3. The Bertz CT molecular complexity index is 1240. The quantitative estimate of drug-likeness (QED) is 0.0956. The number of hydrogen-bond donors (Lipinski definition) is 1. The first-order chi connectivity index (χ1) is 21.9. The van der Waals surface area contributed by atoms with E-state index >= 15 is 0 Å². The Hall–Kier alpha value is -2.51. The predicted octanol–water partition coefficient (Wildman–Crippen LogP) is 9.30. The summed E-state index contributed by atoms with van der Waals surface area (Å²) in [5.74, 6) is 1.09. The molecule has 0 spiro atoms. The van der Waals surface area contributed by atoms with E-state index in [0.717, 1.165) is 67.4 Å². The fraction of sp³-hybridized carbons (Fsp3) is 0.711. The molecule has 0 aliphatic rings. The van der Waals surface area contributed by atoms with Crippen LogP contribution < -0.4 is 5.32 Å². The van der Waals surface area contributed by atoms with Crippen LogP contribution in [0.5, 0.6) is 0 Å². The molecule has 0 saturated heterocycles. The van der Waals surface area contributed by atoms with Gasteiger partial charge in [0, 0.05) is 18.4 Å². The zero-order valence-electron chi connectivity index (χ0n) is 29.5. The first-order valence-corrected chi connectivity index (χ1v) is 18.4. The van der Waals surface area contributed by atoms with E-state index in [2.05, 4.69) is 65.5 Å². The van der Waals surface area contributed by atoms with Crippen LogP contribution in [0.2, 0.25) is 0 Å². The minimum absolute atomic E-state index is 0.0212. The predicted molar refractivity (Wildman–Crippen MR) is 193 cm³/mol. The third-order valence-corrected chi connectivity index (χ3v) is 9.01. The first-order valence-electron chi connectivity index (χ1n) is 18.4. The maximum atomic E-state index is 12.9. The summed E-state index contributed by atoms with van der Waals surface area (Å²) in [5.41, 5.74) is 2.71. The molecule has 0 radical (unpaired) electrons. The average molecular weight is 621 g/mol. The van der Waals surface area contributed by atoms with Gasteiger partial charge in [0.25, 0.3) is 0 Å². The Morgan fingerprint density at radius 2 is 1.44 bits per heavy atom. The summed E-state index contributed by atoms with van der Waals surface area (Å²) in [6, 6.07) is 8.12. The number of fused-ring (bicyclic) bond motifs is 3. The topological polar surface area (TPSA) is 66.3 Å². The fourth-order valence-electron chi connectivity index (χ4n) is 6.37. The van der Waals surface area contributed by atoms with Crippen LogP contribution in [0, 0.1) is 5.92 Å². The Morgan fingerprint density at radius 1 is 0.822 bits per heavy atom. The zero-order valence-corrected chi connectivity index (χ0v) is 29.5. The maximum Gasteiger partial charge on any atom is 0.225 e. The van der Waals surface area contributed by atoms with Crippen molar-refractivity contribution in [2.45, 2.75) is 131 Å². The number of rotatable bonds is 25. The van der Waals surface area contributed by atoms with Crippen LogP contribution in [0.4, 0.5) is 5.82 Å². The van der Waals surface area contributed by atoms with Gasteiger partial charge in [-0.25, -0.2) is 9.97 Å². The van der Waals surface area contributed by atoms with Gasteiger partial charge in [-0.3, -0.25) is 4.79 Å². The largest absolute Gasteiger partial charge is 0.330 e. The molecule has 3 rings (SSSR count). The molecule has 0 atom stereocenters. The third-order valence-electron chi connectivity index (χ3n) is 9.01. The normalized spacial score (nSPS) is 12.0. The standard InChI is InChI=1S/C38H64N6O/c1-6-8-9-10-11-12-13-14-15-21-28-43(7-2)29-22-27-42(5)26-20-16-17-25-35(45)41-38-36-37(44(31-39-36)30-32(3)4)33-23-18-19-24-34(33)40-38/h18-19,23-24,31-32H,6-17,20-22,25-30H2,1-5H3,(H,40,41,45). The number of carbonyl (C=O) groups is 1. The van der Waals surface area contributed by atoms with Crippen LogP contribution in [0.3, 0.4) is 0 Å². The summed E-state index contributed by atoms with van der Waals surface area (Å²) < 4.78 is 2.19. The molecule has 7 heteroatoms. The number of nitrogens with one attached hydrogen (secondary N) is 1. The molecule has 0 unspecified atom stereocenters. The second-order valence-corrected chi connectivity index (χ2v) is 13.6. The number of anilines is 1. The molecule has 0 bridgehead atoms. The van der Waals surface area contributed by atoms with Gasteiger partial charge in [-0.05, 0) is 77.4 Å². The molecule has 0 aliphatic carbocycles. The number of amides is 1. The van der Waals surface area contributed by atoms with E-state index in [-0.39, 0.29) is 5.91 Å². The number of para-hydroxylation sites is 1. The number of pyridine rings is 1. The third kappa shape index (κ3) is 13.4. The van der Waals surface area contributed by atoms with Crippen molar-refractivity contribution in [3.05, 3.63) is 30.6 Å². The molecular formula is C38H64N6O. The Morgan fingerprint density at radius 3 is 2.16 bits per heavy atom. The molecule has 1 aromatic carbocycles. The molecule has 7 nitrogen and oxygen atoms in total. The van der Waals surface area contributed by atoms with Crippen molar-refractivity contribution in [2.24, 2.45) is 5.92 Å². The van der Waals surface area contributed by atoms with Gasteiger partial charge in [0.15, 0.2) is 5.82 Å². The van der Waals surface area contributed by atoms with Gasteiger partial charge in [-0.15, -0.1) is 0 Å². The highest BCUT2D eigenvalue weighted by Gasteiger charge is 2.16. The average Bonchev–Trinajstić information content (AvgIpc) is 3.44. The van der Waals surface area contributed by atoms with Crippen molar-refractivity contribution in [3.8, 4) is 0 Å². The minimum Gasteiger partial charge on any atom is -0.330 e. The molecule has 0 aliphatic heterocycles. The van der Waals surface area contributed by atoms with Crippen molar-refractivity contribution in [1.29, 1.82) is 0 Å². The molecule has 1 amide bonds. The fourth-order valence-corrected chi connectivity index (χ4v) is 6.37. The number of carbonyl (C=O) groups excluding carboxylic acids is 1. The summed E-state index contributed by atoms with van der Waals surface area (Å²) >= 11 is 0. The van der Waals surface area contributed by atoms with Gasteiger partial charge < -0.3 is 19.7 Å². The van der Waals surface area contributed by atoms with Crippen LogP contribution in [-0.2, 0) is 11.3 Å². The van der Waals surface area contributed by atoms with E-state index in [1.165, 1.54) is 83.7 Å². The van der Waals surface area contributed by atoms with E-state index in [9.17, 15) is 4.79 Å². The molecule has 3 aromatic rings. The monoisotopic (exact) mass is 621 g/mol. The minimum atomic E-state index is 0.0212. The number of imidazole rings is 1. The summed E-state index contributed by atoms with van der Waals surface area (Å²) in [5, 5.41) is 4.16.